The molecule has 2 rings (SSSR count). The molecular weight excluding hydrogens is 316 g/mol. The highest BCUT2D eigenvalue weighted by molar-refractivity contribution is 6.35. The second-order valence-electron chi connectivity index (χ2n) is 3.79. The Morgan fingerprint density at radius 1 is 1.10 bits per heavy atom. The van der Waals surface area contributed by atoms with E-state index in [-0.39, 0.29) is 22.5 Å². The standard InChI is InChI=1S/C12H7Cl2F3N2O/c13-7-1-2-9(8(14)5-7)20-11-4-6(12(15,16)17)3-10(18)19-11/h1-5H,(H2,18,19). The minimum atomic E-state index is -4.54. The summed E-state index contributed by atoms with van der Waals surface area (Å²) in [6.07, 6.45) is -4.54. The molecule has 0 aliphatic heterocycles. The van der Waals surface area contributed by atoms with Gasteiger partial charge < -0.3 is 10.5 Å². The third-order valence-electron chi connectivity index (χ3n) is 2.26. The summed E-state index contributed by atoms with van der Waals surface area (Å²) in [6.45, 7) is 0. The molecule has 1 aromatic heterocycles. The molecule has 3 nitrogen and oxygen atoms in total. The summed E-state index contributed by atoms with van der Waals surface area (Å²) >= 11 is 11.6. The van der Waals surface area contributed by atoms with Crippen LogP contribution in [0.4, 0.5) is 19.0 Å². The van der Waals surface area contributed by atoms with Crippen molar-refractivity contribution in [3.8, 4) is 11.6 Å². The van der Waals surface area contributed by atoms with Gasteiger partial charge in [-0.3, -0.25) is 0 Å². The monoisotopic (exact) mass is 322 g/mol. The highest BCUT2D eigenvalue weighted by Gasteiger charge is 2.31. The zero-order valence-corrected chi connectivity index (χ0v) is 11.2. The van der Waals surface area contributed by atoms with Crippen molar-refractivity contribution in [1.29, 1.82) is 0 Å². The first kappa shape index (κ1) is 14.7. The van der Waals surface area contributed by atoms with Crippen LogP contribution in [-0.2, 0) is 6.18 Å². The molecular formula is C12H7Cl2F3N2O. The van der Waals surface area contributed by atoms with Crippen molar-refractivity contribution in [2.75, 3.05) is 5.73 Å². The molecule has 2 aromatic rings. The first-order valence-corrected chi connectivity index (χ1v) is 5.99. The molecule has 0 spiro atoms. The Balaban J connectivity index is 2.36. The van der Waals surface area contributed by atoms with Gasteiger partial charge in [-0.15, -0.1) is 0 Å². The summed E-state index contributed by atoms with van der Waals surface area (Å²) in [5, 5.41) is 0.522. The number of hydrogen-bond donors (Lipinski definition) is 1. The van der Waals surface area contributed by atoms with Crippen molar-refractivity contribution >= 4 is 29.0 Å². The average molecular weight is 323 g/mol. The number of alkyl halides is 3. The lowest BCUT2D eigenvalue weighted by molar-refractivity contribution is -0.137. The number of halogens is 5. The average Bonchev–Trinajstić information content (AvgIpc) is 2.31. The highest BCUT2D eigenvalue weighted by Crippen LogP contribution is 2.35. The maximum absolute atomic E-state index is 12.6. The fourth-order valence-electron chi connectivity index (χ4n) is 1.41. The lowest BCUT2D eigenvalue weighted by atomic mass is 10.2. The number of nitrogen functional groups attached to an aromatic ring is 1. The third-order valence-corrected chi connectivity index (χ3v) is 2.79. The Hall–Kier alpha value is -1.66. The zero-order chi connectivity index (χ0) is 14.9. The van der Waals surface area contributed by atoms with Gasteiger partial charge >= 0.3 is 6.18 Å². The van der Waals surface area contributed by atoms with E-state index in [0.29, 0.717) is 5.02 Å². The number of pyridine rings is 1. The molecule has 0 aliphatic rings. The second kappa shape index (κ2) is 5.38. The molecule has 20 heavy (non-hydrogen) atoms. The fraction of sp³-hybridized carbons (Fsp3) is 0.0833. The molecule has 2 N–H and O–H groups in total. The summed E-state index contributed by atoms with van der Waals surface area (Å²) in [6, 6.07) is 5.76. The van der Waals surface area contributed by atoms with Gasteiger partial charge in [0.25, 0.3) is 0 Å². The van der Waals surface area contributed by atoms with Gasteiger partial charge in [0, 0.05) is 11.1 Å². The quantitative estimate of drug-likeness (QED) is 0.865. The Kier molecular flexibility index (Phi) is 3.96. The summed E-state index contributed by atoms with van der Waals surface area (Å²) in [5.74, 6) is -0.483. The van der Waals surface area contributed by atoms with E-state index in [0.717, 1.165) is 12.1 Å². The predicted molar refractivity (Wildman–Crippen MR) is 70.2 cm³/mol. The van der Waals surface area contributed by atoms with Gasteiger partial charge in [0.15, 0.2) is 0 Å². The Labute approximate surface area is 122 Å². The SMILES string of the molecule is Nc1cc(C(F)(F)F)cc(Oc2ccc(Cl)cc2Cl)n1. The maximum atomic E-state index is 12.6. The number of benzene rings is 1. The van der Waals surface area contributed by atoms with Crippen molar-refractivity contribution < 1.29 is 17.9 Å². The van der Waals surface area contributed by atoms with Crippen LogP contribution in [0.25, 0.3) is 0 Å². The van der Waals surface area contributed by atoms with E-state index in [1.165, 1.54) is 18.2 Å². The number of hydrogen-bond acceptors (Lipinski definition) is 3. The van der Waals surface area contributed by atoms with E-state index in [1.807, 2.05) is 0 Å². The molecule has 0 atom stereocenters. The van der Waals surface area contributed by atoms with Crippen LogP contribution < -0.4 is 10.5 Å². The molecule has 0 fully saturated rings. The lowest BCUT2D eigenvalue weighted by Crippen LogP contribution is -2.07. The molecule has 0 radical (unpaired) electrons. The third kappa shape index (κ3) is 3.46. The number of rotatable bonds is 2. The van der Waals surface area contributed by atoms with Gasteiger partial charge in [0.2, 0.25) is 5.88 Å². The summed E-state index contributed by atoms with van der Waals surface area (Å²) < 4.78 is 43.1. The van der Waals surface area contributed by atoms with Crippen LogP contribution in [0.15, 0.2) is 30.3 Å². The van der Waals surface area contributed by atoms with Crippen LogP contribution in [0.1, 0.15) is 5.56 Å². The first-order valence-electron chi connectivity index (χ1n) is 5.23. The fourth-order valence-corrected chi connectivity index (χ4v) is 1.86. The summed E-state index contributed by atoms with van der Waals surface area (Å²) in [4.78, 5) is 3.67. The van der Waals surface area contributed by atoms with Gasteiger partial charge in [0.1, 0.15) is 11.6 Å². The van der Waals surface area contributed by atoms with E-state index < -0.39 is 11.7 Å². The predicted octanol–water partition coefficient (Wildman–Crippen LogP) is 4.78. The molecule has 0 bridgehead atoms. The lowest BCUT2D eigenvalue weighted by Gasteiger charge is -2.11. The van der Waals surface area contributed by atoms with Gasteiger partial charge in [0.05, 0.1) is 10.6 Å². The van der Waals surface area contributed by atoms with Crippen molar-refractivity contribution in [2.45, 2.75) is 6.18 Å². The van der Waals surface area contributed by atoms with E-state index in [2.05, 4.69) is 4.98 Å². The van der Waals surface area contributed by atoms with Gasteiger partial charge in [-0.2, -0.15) is 18.2 Å². The Bertz CT molecular complexity index is 647. The molecule has 1 heterocycles. The van der Waals surface area contributed by atoms with Crippen LogP contribution in [0.2, 0.25) is 10.0 Å². The minimum Gasteiger partial charge on any atom is -0.437 e. The van der Waals surface area contributed by atoms with Crippen LogP contribution in [0, 0.1) is 0 Å². The highest BCUT2D eigenvalue weighted by atomic mass is 35.5. The van der Waals surface area contributed by atoms with Crippen molar-refractivity contribution in [3.05, 3.63) is 45.9 Å². The normalized spacial score (nSPS) is 11.4. The molecule has 8 heteroatoms. The molecule has 0 unspecified atom stereocenters. The zero-order valence-electron chi connectivity index (χ0n) is 9.71. The first-order chi connectivity index (χ1) is 9.25. The molecule has 0 amide bonds. The summed E-state index contributed by atoms with van der Waals surface area (Å²) in [5.41, 5.74) is 4.37. The Morgan fingerprint density at radius 2 is 1.80 bits per heavy atom. The second-order valence-corrected chi connectivity index (χ2v) is 4.64. The van der Waals surface area contributed by atoms with Crippen molar-refractivity contribution in [2.24, 2.45) is 0 Å². The molecule has 0 saturated heterocycles. The van der Waals surface area contributed by atoms with Crippen LogP contribution in [-0.4, -0.2) is 4.98 Å². The van der Waals surface area contributed by atoms with Gasteiger partial charge in [-0.1, -0.05) is 23.2 Å². The number of anilines is 1. The Morgan fingerprint density at radius 3 is 2.40 bits per heavy atom. The number of nitrogens with zero attached hydrogens (tertiary/aromatic N) is 1. The van der Waals surface area contributed by atoms with Crippen LogP contribution in [0.5, 0.6) is 11.6 Å². The van der Waals surface area contributed by atoms with E-state index in [4.69, 9.17) is 33.7 Å². The minimum absolute atomic E-state index is 0.127. The molecule has 0 saturated carbocycles. The van der Waals surface area contributed by atoms with Gasteiger partial charge in [-0.05, 0) is 24.3 Å². The van der Waals surface area contributed by atoms with E-state index in [9.17, 15) is 13.2 Å². The van der Waals surface area contributed by atoms with Crippen molar-refractivity contribution in [1.82, 2.24) is 4.98 Å². The largest absolute Gasteiger partial charge is 0.437 e. The topological polar surface area (TPSA) is 48.1 Å². The van der Waals surface area contributed by atoms with Crippen molar-refractivity contribution in [3.63, 3.8) is 0 Å². The van der Waals surface area contributed by atoms with Crippen LogP contribution in [0.3, 0.4) is 0 Å². The maximum Gasteiger partial charge on any atom is 0.416 e. The number of ether oxygens (including phenoxy) is 1. The van der Waals surface area contributed by atoms with E-state index in [1.54, 1.807) is 0 Å². The molecule has 106 valence electrons. The molecule has 0 aliphatic carbocycles. The number of aromatic nitrogens is 1. The number of nitrogens with two attached hydrogens (primary N) is 1. The summed E-state index contributed by atoms with van der Waals surface area (Å²) in [7, 11) is 0. The smallest absolute Gasteiger partial charge is 0.416 e. The molecule has 1 aromatic carbocycles. The van der Waals surface area contributed by atoms with Crippen LogP contribution >= 0.6 is 23.2 Å². The van der Waals surface area contributed by atoms with Gasteiger partial charge in [-0.25, -0.2) is 0 Å². The van der Waals surface area contributed by atoms with E-state index >= 15 is 0 Å².